The Morgan fingerprint density at radius 1 is 0.806 bits per heavy atom. The third-order valence-corrected chi connectivity index (χ3v) is 5.38. The van der Waals surface area contributed by atoms with E-state index in [1.807, 2.05) is 60.7 Å². The summed E-state index contributed by atoms with van der Waals surface area (Å²) in [4.78, 5) is 37.0. The second-order valence-corrected chi connectivity index (χ2v) is 7.31. The third-order valence-electron chi connectivity index (χ3n) is 5.38. The van der Waals surface area contributed by atoms with Gasteiger partial charge < -0.3 is 9.84 Å². The van der Waals surface area contributed by atoms with Crippen LogP contribution in [0.2, 0.25) is 0 Å². The highest BCUT2D eigenvalue weighted by atomic mass is 16.5. The second-order valence-electron chi connectivity index (χ2n) is 7.31. The van der Waals surface area contributed by atoms with Crippen molar-refractivity contribution in [3.05, 3.63) is 113 Å². The minimum atomic E-state index is -1.23. The van der Waals surface area contributed by atoms with E-state index in [1.54, 1.807) is 6.07 Å². The molecule has 0 aliphatic heterocycles. The van der Waals surface area contributed by atoms with Crippen molar-refractivity contribution in [3.63, 3.8) is 0 Å². The molecule has 0 heterocycles. The van der Waals surface area contributed by atoms with Crippen LogP contribution in [0.15, 0.2) is 91.0 Å². The van der Waals surface area contributed by atoms with Crippen LogP contribution in [-0.2, 0) is 9.53 Å². The first kappa shape index (κ1) is 20.3. The zero-order valence-electron chi connectivity index (χ0n) is 16.6. The molecule has 1 N–H and O–H groups in total. The minimum absolute atomic E-state index is 0.0723. The summed E-state index contributed by atoms with van der Waals surface area (Å²) < 4.78 is 5.52. The Morgan fingerprint density at radius 2 is 1.39 bits per heavy atom. The number of hydrogen-bond acceptors (Lipinski definition) is 4. The van der Waals surface area contributed by atoms with Crippen LogP contribution < -0.4 is 0 Å². The first-order valence-corrected chi connectivity index (χ1v) is 9.93. The van der Waals surface area contributed by atoms with Crippen molar-refractivity contribution in [1.29, 1.82) is 0 Å². The van der Waals surface area contributed by atoms with Gasteiger partial charge in [-0.3, -0.25) is 4.79 Å². The minimum Gasteiger partial charge on any atom is -0.478 e. The fourth-order valence-electron chi connectivity index (χ4n) is 3.87. The summed E-state index contributed by atoms with van der Waals surface area (Å²) in [6, 6.07) is 25.2. The van der Waals surface area contributed by atoms with Crippen LogP contribution in [0, 0.1) is 0 Å². The van der Waals surface area contributed by atoms with Gasteiger partial charge in [0.2, 0.25) is 0 Å². The molecule has 1 aliphatic carbocycles. The molecule has 0 fully saturated rings. The van der Waals surface area contributed by atoms with Gasteiger partial charge in [-0.05, 0) is 34.9 Å². The fourth-order valence-corrected chi connectivity index (χ4v) is 3.87. The van der Waals surface area contributed by atoms with Crippen molar-refractivity contribution >= 4 is 23.3 Å². The van der Waals surface area contributed by atoms with Crippen LogP contribution in [0.4, 0.5) is 0 Å². The number of aromatic carboxylic acids is 1. The molecule has 4 rings (SSSR count). The maximum Gasteiger partial charge on any atom is 0.339 e. The lowest BCUT2D eigenvalue weighted by Crippen LogP contribution is -2.32. The summed E-state index contributed by atoms with van der Waals surface area (Å²) in [6.45, 7) is 0. The van der Waals surface area contributed by atoms with Gasteiger partial charge in [-0.25, -0.2) is 9.59 Å². The highest BCUT2D eigenvalue weighted by Gasteiger charge is 2.34. The summed E-state index contributed by atoms with van der Waals surface area (Å²) in [7, 11) is 0. The van der Waals surface area contributed by atoms with E-state index in [0.717, 1.165) is 16.7 Å². The van der Waals surface area contributed by atoms with E-state index in [1.165, 1.54) is 24.3 Å². The maximum atomic E-state index is 12.9. The average molecular weight is 412 g/mol. The lowest BCUT2D eigenvalue weighted by atomic mass is 9.78. The first-order chi connectivity index (χ1) is 15.0. The Bertz CT molecular complexity index is 1150. The van der Waals surface area contributed by atoms with Gasteiger partial charge >= 0.3 is 11.9 Å². The molecule has 0 amide bonds. The molecule has 5 nitrogen and oxygen atoms in total. The molecule has 0 saturated heterocycles. The highest BCUT2D eigenvalue weighted by molar-refractivity contribution is 6.06. The number of ketones is 1. The second kappa shape index (κ2) is 8.79. The molecule has 0 spiro atoms. The van der Waals surface area contributed by atoms with Crippen molar-refractivity contribution < 1.29 is 24.2 Å². The molecule has 0 saturated carbocycles. The van der Waals surface area contributed by atoms with Gasteiger partial charge in [0.25, 0.3) is 0 Å². The molecule has 3 aromatic rings. The van der Waals surface area contributed by atoms with Crippen molar-refractivity contribution in [2.75, 3.05) is 0 Å². The molecule has 3 aromatic carbocycles. The van der Waals surface area contributed by atoms with E-state index >= 15 is 0 Å². The fraction of sp³-hybridized carbons (Fsp3) is 0.115. The van der Waals surface area contributed by atoms with Gasteiger partial charge in [0.05, 0.1) is 11.1 Å². The molecule has 2 atom stereocenters. The number of esters is 1. The number of allylic oxidation sites excluding steroid dienone is 1. The van der Waals surface area contributed by atoms with Gasteiger partial charge in [0.15, 0.2) is 11.9 Å². The average Bonchev–Trinajstić information content (AvgIpc) is 2.81. The smallest absolute Gasteiger partial charge is 0.339 e. The Morgan fingerprint density at radius 3 is 2.03 bits per heavy atom. The van der Waals surface area contributed by atoms with E-state index in [2.05, 4.69) is 0 Å². The van der Waals surface area contributed by atoms with Gasteiger partial charge in [0, 0.05) is 12.3 Å². The van der Waals surface area contributed by atoms with E-state index < -0.39 is 18.0 Å². The van der Waals surface area contributed by atoms with Crippen LogP contribution in [0.1, 0.15) is 44.2 Å². The molecule has 154 valence electrons. The number of benzene rings is 3. The predicted molar refractivity (Wildman–Crippen MR) is 116 cm³/mol. The monoisotopic (exact) mass is 412 g/mol. The van der Waals surface area contributed by atoms with Crippen molar-refractivity contribution in [3.8, 4) is 0 Å². The summed E-state index contributed by atoms with van der Waals surface area (Å²) in [5.74, 6) is -2.50. The Kier molecular flexibility index (Phi) is 5.76. The Balaban J connectivity index is 1.67. The summed E-state index contributed by atoms with van der Waals surface area (Å²) in [6.07, 6.45) is 0.828. The molecule has 0 aromatic heterocycles. The molecular formula is C26H20O5. The third kappa shape index (κ3) is 4.31. The summed E-state index contributed by atoms with van der Waals surface area (Å²) in [5.41, 5.74) is 2.59. The van der Waals surface area contributed by atoms with E-state index in [-0.39, 0.29) is 29.2 Å². The topological polar surface area (TPSA) is 80.7 Å². The Labute approximate surface area is 179 Å². The SMILES string of the molecule is O=C(O)c1ccccc1C(=O)O[C@@H]1C[C@@H](c2ccccc2)C(c2ccccc2)=CC1=O. The van der Waals surface area contributed by atoms with Crippen molar-refractivity contribution in [2.45, 2.75) is 18.4 Å². The molecule has 31 heavy (non-hydrogen) atoms. The number of carbonyl (C=O) groups excluding carboxylic acids is 2. The molecule has 0 unspecified atom stereocenters. The quantitative estimate of drug-likeness (QED) is 0.612. The largest absolute Gasteiger partial charge is 0.478 e. The van der Waals surface area contributed by atoms with Crippen LogP contribution in [0.25, 0.3) is 5.57 Å². The molecule has 5 heteroatoms. The zero-order valence-corrected chi connectivity index (χ0v) is 16.6. The van der Waals surface area contributed by atoms with Crippen LogP contribution in [0.3, 0.4) is 0 Å². The molecule has 0 bridgehead atoms. The first-order valence-electron chi connectivity index (χ1n) is 9.93. The van der Waals surface area contributed by atoms with Crippen LogP contribution >= 0.6 is 0 Å². The van der Waals surface area contributed by atoms with Crippen molar-refractivity contribution in [1.82, 2.24) is 0 Å². The van der Waals surface area contributed by atoms with Gasteiger partial charge in [0.1, 0.15) is 0 Å². The normalized spacial score (nSPS) is 18.2. The number of ether oxygens (including phenoxy) is 1. The van der Waals surface area contributed by atoms with Gasteiger partial charge in [-0.1, -0.05) is 72.8 Å². The summed E-state index contributed by atoms with van der Waals surface area (Å²) in [5, 5.41) is 9.34. The lowest BCUT2D eigenvalue weighted by Gasteiger charge is -2.29. The van der Waals surface area contributed by atoms with Crippen LogP contribution in [-0.4, -0.2) is 28.9 Å². The molecular weight excluding hydrogens is 392 g/mol. The maximum absolute atomic E-state index is 12.9. The van der Waals surface area contributed by atoms with Gasteiger partial charge in [-0.15, -0.1) is 0 Å². The van der Waals surface area contributed by atoms with Gasteiger partial charge in [-0.2, -0.15) is 0 Å². The number of carboxylic acid groups (broad SMARTS) is 1. The standard InChI is InChI=1S/C26H20O5/c27-23-15-21(17-9-3-1-4-10-17)22(18-11-5-2-6-12-18)16-24(23)31-26(30)20-14-8-7-13-19(20)25(28)29/h1-15,22,24H,16H2,(H,28,29)/t22-,24+/m0/s1. The predicted octanol–water partition coefficient (Wildman–Crippen LogP) is 4.75. The number of carboxylic acids is 1. The molecule has 0 radical (unpaired) electrons. The van der Waals surface area contributed by atoms with E-state index in [0.29, 0.717) is 0 Å². The molecule has 1 aliphatic rings. The van der Waals surface area contributed by atoms with E-state index in [9.17, 15) is 19.5 Å². The lowest BCUT2D eigenvalue weighted by molar-refractivity contribution is -0.123. The zero-order chi connectivity index (χ0) is 21.8. The van der Waals surface area contributed by atoms with Crippen LogP contribution in [0.5, 0.6) is 0 Å². The number of carbonyl (C=O) groups is 3. The van der Waals surface area contributed by atoms with E-state index in [4.69, 9.17) is 4.74 Å². The number of rotatable bonds is 5. The van der Waals surface area contributed by atoms with Crippen molar-refractivity contribution in [2.24, 2.45) is 0 Å². The summed E-state index contributed by atoms with van der Waals surface area (Å²) >= 11 is 0. The number of hydrogen-bond donors (Lipinski definition) is 1. The Hall–Kier alpha value is -3.99. The highest BCUT2D eigenvalue weighted by Crippen LogP contribution is 2.39.